The van der Waals surface area contributed by atoms with Crippen LogP contribution in [0.25, 0.3) is 0 Å². The van der Waals surface area contributed by atoms with Crippen molar-refractivity contribution in [2.75, 3.05) is 0 Å². The molecule has 0 bridgehead atoms. The number of fused-ring (bicyclic) bond motifs is 1. The van der Waals surface area contributed by atoms with Crippen molar-refractivity contribution >= 4 is 15.9 Å². The molecule has 0 aromatic heterocycles. The maximum atomic E-state index is 10.6. The first-order valence-corrected chi connectivity index (χ1v) is 8.15. The van der Waals surface area contributed by atoms with Crippen LogP contribution in [0.15, 0.2) is 10.5 Å². The Hall–Kier alpha value is -0.540. The first-order chi connectivity index (χ1) is 9.06. The van der Waals surface area contributed by atoms with Gasteiger partial charge >= 0.3 is 0 Å². The molecule has 1 aromatic rings. The summed E-state index contributed by atoms with van der Waals surface area (Å²) >= 11 is 3.53. The maximum Gasteiger partial charge on any atom is 0.133 e. The number of rotatable bonds is 2. The highest BCUT2D eigenvalue weighted by atomic mass is 79.9. The van der Waals surface area contributed by atoms with E-state index in [1.165, 1.54) is 30.4 Å². The molecule has 2 aliphatic rings. The molecule has 0 amide bonds. The predicted octanol–water partition coefficient (Wildman–Crippen LogP) is 3.80. The molecule has 2 nitrogen and oxygen atoms in total. The smallest absolute Gasteiger partial charge is 0.133 e. The zero-order valence-corrected chi connectivity index (χ0v) is 13.1. The lowest BCUT2D eigenvalue weighted by Crippen LogP contribution is -2.32. The van der Waals surface area contributed by atoms with E-state index in [1.807, 2.05) is 0 Å². The van der Waals surface area contributed by atoms with Crippen molar-refractivity contribution in [1.82, 2.24) is 0 Å². The number of phenolic OH excluding ortho intramolecular Hbond substituents is 1. The highest BCUT2D eigenvalue weighted by Gasteiger charge is 2.50. The molecule has 1 aromatic carbocycles. The highest BCUT2D eigenvalue weighted by Crippen LogP contribution is 2.56. The average molecular weight is 324 g/mol. The van der Waals surface area contributed by atoms with Gasteiger partial charge in [0.15, 0.2) is 0 Å². The number of aromatic hydroxyl groups is 1. The van der Waals surface area contributed by atoms with Crippen LogP contribution in [0, 0.1) is 0 Å². The molecule has 1 fully saturated rings. The van der Waals surface area contributed by atoms with Crippen LogP contribution in [-0.4, -0.2) is 11.1 Å². The van der Waals surface area contributed by atoms with Gasteiger partial charge in [-0.05, 0) is 78.6 Å². The van der Waals surface area contributed by atoms with Crippen molar-refractivity contribution in [2.45, 2.75) is 63.3 Å². The van der Waals surface area contributed by atoms with Crippen LogP contribution in [0.4, 0.5) is 0 Å². The zero-order valence-electron chi connectivity index (χ0n) is 11.5. The van der Waals surface area contributed by atoms with Crippen molar-refractivity contribution in [1.29, 1.82) is 0 Å². The lowest BCUT2D eigenvalue weighted by molar-refractivity contribution is 0.440. The first-order valence-electron chi connectivity index (χ1n) is 7.35. The Morgan fingerprint density at radius 1 is 1.26 bits per heavy atom. The van der Waals surface area contributed by atoms with E-state index in [0.29, 0.717) is 5.75 Å². The minimum Gasteiger partial charge on any atom is -0.506 e. The molecule has 0 aliphatic heterocycles. The summed E-state index contributed by atoms with van der Waals surface area (Å²) in [7, 11) is 0. The van der Waals surface area contributed by atoms with Crippen LogP contribution in [0.1, 0.15) is 55.7 Å². The van der Waals surface area contributed by atoms with Crippen LogP contribution in [0.5, 0.6) is 5.75 Å². The molecule has 0 spiro atoms. The highest BCUT2D eigenvalue weighted by molar-refractivity contribution is 9.10. The van der Waals surface area contributed by atoms with Gasteiger partial charge in [0.25, 0.3) is 0 Å². The van der Waals surface area contributed by atoms with Gasteiger partial charge in [0, 0.05) is 17.0 Å². The van der Waals surface area contributed by atoms with E-state index in [0.717, 1.165) is 35.7 Å². The van der Waals surface area contributed by atoms with E-state index in [2.05, 4.69) is 28.9 Å². The van der Waals surface area contributed by atoms with Gasteiger partial charge in [-0.3, -0.25) is 0 Å². The summed E-state index contributed by atoms with van der Waals surface area (Å²) in [6, 6.07) is 2.23. The Morgan fingerprint density at radius 3 is 2.58 bits per heavy atom. The van der Waals surface area contributed by atoms with Gasteiger partial charge in [-0.2, -0.15) is 0 Å². The maximum absolute atomic E-state index is 10.6. The number of halogens is 1. The SMILES string of the molecule is CC(N)C1(c2c(O)c(Br)cc3c2CCCCC3)CC1. The third kappa shape index (κ3) is 2.11. The van der Waals surface area contributed by atoms with Gasteiger partial charge in [-0.15, -0.1) is 0 Å². The van der Waals surface area contributed by atoms with Crippen LogP contribution < -0.4 is 5.73 Å². The van der Waals surface area contributed by atoms with E-state index >= 15 is 0 Å². The molecular weight excluding hydrogens is 302 g/mol. The summed E-state index contributed by atoms with van der Waals surface area (Å²) in [5, 5.41) is 10.6. The van der Waals surface area contributed by atoms with E-state index in [4.69, 9.17) is 5.73 Å². The van der Waals surface area contributed by atoms with Crippen LogP contribution in [0.3, 0.4) is 0 Å². The zero-order chi connectivity index (χ0) is 13.6. The third-order valence-electron chi connectivity index (χ3n) is 4.98. The Morgan fingerprint density at radius 2 is 1.95 bits per heavy atom. The summed E-state index contributed by atoms with van der Waals surface area (Å²) in [5.74, 6) is 0.440. The number of benzene rings is 1. The van der Waals surface area contributed by atoms with Crippen LogP contribution >= 0.6 is 15.9 Å². The van der Waals surface area contributed by atoms with E-state index in [1.54, 1.807) is 0 Å². The fraction of sp³-hybridized carbons (Fsp3) is 0.625. The van der Waals surface area contributed by atoms with Gasteiger partial charge in [-0.1, -0.05) is 6.42 Å². The van der Waals surface area contributed by atoms with Crippen LogP contribution in [-0.2, 0) is 18.3 Å². The molecule has 1 unspecified atom stereocenters. The van der Waals surface area contributed by atoms with Gasteiger partial charge in [0.1, 0.15) is 5.75 Å². The number of nitrogens with two attached hydrogens (primary N) is 1. The summed E-state index contributed by atoms with van der Waals surface area (Å²) in [6.07, 6.45) is 8.24. The fourth-order valence-electron chi connectivity index (χ4n) is 3.64. The van der Waals surface area contributed by atoms with E-state index in [-0.39, 0.29) is 11.5 Å². The third-order valence-corrected chi connectivity index (χ3v) is 5.59. The fourth-order valence-corrected chi connectivity index (χ4v) is 4.11. The van der Waals surface area contributed by atoms with Gasteiger partial charge in [0.05, 0.1) is 4.47 Å². The minimum atomic E-state index is 0.0300. The largest absolute Gasteiger partial charge is 0.506 e. The number of aryl methyl sites for hydroxylation is 1. The van der Waals surface area contributed by atoms with Crippen LogP contribution in [0.2, 0.25) is 0 Å². The van der Waals surface area contributed by atoms with Crippen molar-refractivity contribution in [3.63, 3.8) is 0 Å². The number of phenols is 1. The molecule has 2 aliphatic carbocycles. The van der Waals surface area contributed by atoms with Gasteiger partial charge in [-0.25, -0.2) is 0 Å². The summed E-state index contributed by atoms with van der Waals surface area (Å²) < 4.78 is 0.843. The van der Waals surface area contributed by atoms with Gasteiger partial charge in [0.2, 0.25) is 0 Å². The molecule has 104 valence electrons. The normalized spacial score (nSPS) is 22.5. The number of hydrogen-bond donors (Lipinski definition) is 2. The molecule has 3 N–H and O–H groups in total. The lowest BCUT2D eigenvalue weighted by atomic mass is 9.82. The Balaban J connectivity index is 2.19. The average Bonchev–Trinajstić information content (AvgIpc) is 3.15. The molecule has 0 saturated heterocycles. The summed E-state index contributed by atoms with van der Waals surface area (Å²) in [5.41, 5.74) is 10.2. The summed E-state index contributed by atoms with van der Waals surface area (Å²) in [6.45, 7) is 2.08. The molecular formula is C16H22BrNO. The molecule has 1 atom stereocenters. The van der Waals surface area contributed by atoms with Gasteiger partial charge < -0.3 is 10.8 Å². The molecule has 1 saturated carbocycles. The Bertz CT molecular complexity index is 506. The first kappa shape index (κ1) is 13.4. The van der Waals surface area contributed by atoms with Crippen molar-refractivity contribution in [2.24, 2.45) is 5.73 Å². The Labute approximate surface area is 123 Å². The minimum absolute atomic E-state index is 0.0300. The van der Waals surface area contributed by atoms with Crippen molar-refractivity contribution < 1.29 is 5.11 Å². The second-order valence-corrected chi connectivity index (χ2v) is 7.08. The number of hydrogen-bond acceptors (Lipinski definition) is 2. The molecule has 3 rings (SSSR count). The standard InChI is InChI=1S/C16H22BrNO/c1-10(18)16(7-8-16)14-12-6-4-2-3-5-11(12)9-13(17)15(14)19/h9-10,19H,2-8,18H2,1H3. The van der Waals surface area contributed by atoms with Crippen molar-refractivity contribution in [3.8, 4) is 5.75 Å². The molecule has 19 heavy (non-hydrogen) atoms. The second-order valence-electron chi connectivity index (χ2n) is 6.23. The lowest BCUT2D eigenvalue weighted by Gasteiger charge is -2.26. The Kier molecular flexibility index (Phi) is 3.38. The van der Waals surface area contributed by atoms with Crippen molar-refractivity contribution in [3.05, 3.63) is 27.2 Å². The summed E-state index contributed by atoms with van der Waals surface area (Å²) in [4.78, 5) is 0. The molecule has 0 radical (unpaired) electrons. The van der Waals surface area contributed by atoms with E-state index < -0.39 is 0 Å². The monoisotopic (exact) mass is 323 g/mol. The quantitative estimate of drug-likeness (QED) is 0.813. The van der Waals surface area contributed by atoms with E-state index in [9.17, 15) is 5.11 Å². The molecule has 0 heterocycles. The molecule has 3 heteroatoms. The second kappa shape index (κ2) is 4.78. The topological polar surface area (TPSA) is 46.2 Å². The predicted molar refractivity (Wildman–Crippen MR) is 81.6 cm³/mol.